The summed E-state index contributed by atoms with van der Waals surface area (Å²) in [5, 5.41) is 8.00. The lowest BCUT2D eigenvalue weighted by molar-refractivity contribution is 0.359. The summed E-state index contributed by atoms with van der Waals surface area (Å²) in [6.45, 7) is 0. The van der Waals surface area contributed by atoms with Crippen LogP contribution in [0.1, 0.15) is 24.8 Å². The summed E-state index contributed by atoms with van der Waals surface area (Å²) >= 11 is 0. The van der Waals surface area contributed by atoms with Gasteiger partial charge in [0, 0.05) is 28.9 Å². The predicted octanol–water partition coefficient (Wildman–Crippen LogP) is 1.83. The molecule has 0 bridgehead atoms. The molecule has 1 aliphatic heterocycles. The van der Waals surface area contributed by atoms with E-state index in [1.807, 2.05) is 12.1 Å². The fraction of sp³-hybridized carbons (Fsp3) is 0.500. The Kier molecular flexibility index (Phi) is 3.57. The lowest BCUT2D eigenvalue weighted by Gasteiger charge is -2.35. The molecule has 4 nitrogen and oxygen atoms in total. The number of methoxy groups -OCH3 is 1. The second-order valence-electron chi connectivity index (χ2n) is 4.11. The van der Waals surface area contributed by atoms with E-state index in [9.17, 15) is 4.21 Å². The third-order valence-electron chi connectivity index (χ3n) is 3.20. The van der Waals surface area contributed by atoms with E-state index in [0.29, 0.717) is 12.2 Å². The Labute approximate surface area is 103 Å². The van der Waals surface area contributed by atoms with Crippen molar-refractivity contribution in [1.82, 2.24) is 4.98 Å². The van der Waals surface area contributed by atoms with Crippen LogP contribution < -0.4 is 0 Å². The van der Waals surface area contributed by atoms with Crippen LogP contribution in [0, 0.1) is 5.41 Å². The quantitative estimate of drug-likeness (QED) is 0.645. The second kappa shape index (κ2) is 4.96. The molecule has 0 spiro atoms. The van der Waals surface area contributed by atoms with Gasteiger partial charge in [-0.2, -0.15) is 0 Å². The molecule has 1 aromatic heterocycles. The van der Waals surface area contributed by atoms with E-state index in [0.717, 1.165) is 18.4 Å². The molecular weight excluding hydrogens is 236 g/mol. The molecule has 1 N–H and O–H groups in total. The van der Waals surface area contributed by atoms with Gasteiger partial charge in [-0.15, -0.1) is 0 Å². The van der Waals surface area contributed by atoms with Gasteiger partial charge in [0.15, 0.2) is 0 Å². The minimum atomic E-state index is -1.11. The third-order valence-corrected chi connectivity index (χ3v) is 5.26. The van der Waals surface area contributed by atoms with Crippen molar-refractivity contribution >= 4 is 16.7 Å². The van der Waals surface area contributed by atoms with E-state index in [1.165, 1.54) is 7.11 Å². The first-order valence-corrected chi connectivity index (χ1v) is 6.95. The van der Waals surface area contributed by atoms with Gasteiger partial charge in [0.05, 0.1) is 7.11 Å². The van der Waals surface area contributed by atoms with E-state index in [2.05, 4.69) is 4.98 Å². The predicted molar refractivity (Wildman–Crippen MR) is 67.5 cm³/mol. The van der Waals surface area contributed by atoms with Crippen molar-refractivity contribution in [3.8, 4) is 0 Å². The molecule has 1 saturated heterocycles. The van der Waals surface area contributed by atoms with Crippen LogP contribution in [0.15, 0.2) is 24.5 Å². The zero-order valence-corrected chi connectivity index (χ0v) is 10.6. The van der Waals surface area contributed by atoms with Crippen LogP contribution in [-0.2, 0) is 20.3 Å². The maximum Gasteiger partial charge on any atom is 0.204 e. The van der Waals surface area contributed by atoms with Crippen molar-refractivity contribution in [1.29, 1.82) is 5.41 Å². The Morgan fingerprint density at radius 1 is 1.59 bits per heavy atom. The van der Waals surface area contributed by atoms with Crippen molar-refractivity contribution in [3.05, 3.63) is 30.1 Å². The molecule has 0 saturated carbocycles. The van der Waals surface area contributed by atoms with Gasteiger partial charge in [-0.05, 0) is 24.5 Å². The molecule has 1 aromatic rings. The molecule has 0 radical (unpaired) electrons. The van der Waals surface area contributed by atoms with Gasteiger partial charge in [-0.25, -0.2) is 0 Å². The molecule has 0 aromatic carbocycles. The summed E-state index contributed by atoms with van der Waals surface area (Å²) in [6.07, 6.45) is 5.98. The zero-order chi connectivity index (χ0) is 12.3. The Morgan fingerprint density at radius 2 is 2.41 bits per heavy atom. The van der Waals surface area contributed by atoms with Crippen LogP contribution in [0.25, 0.3) is 0 Å². The molecule has 2 rings (SSSR count). The average molecular weight is 252 g/mol. The highest BCUT2D eigenvalue weighted by Crippen LogP contribution is 2.38. The largest absolute Gasteiger partial charge is 0.483 e. The number of pyridine rings is 1. The van der Waals surface area contributed by atoms with Crippen molar-refractivity contribution in [2.24, 2.45) is 0 Å². The van der Waals surface area contributed by atoms with E-state index >= 15 is 0 Å². The van der Waals surface area contributed by atoms with Crippen LogP contribution in [0.5, 0.6) is 0 Å². The highest BCUT2D eigenvalue weighted by Gasteiger charge is 2.46. The van der Waals surface area contributed by atoms with Crippen LogP contribution in [-0.4, -0.2) is 28.0 Å². The lowest BCUT2D eigenvalue weighted by atomic mass is 9.93. The Hall–Kier alpha value is -1.23. The highest BCUT2D eigenvalue weighted by atomic mass is 32.2. The van der Waals surface area contributed by atoms with Gasteiger partial charge < -0.3 is 4.74 Å². The standard InChI is InChI=1S/C12H16N2O2S/c1-16-11(13)12(6-2-3-8-17(12)15)10-5-4-7-14-9-10/h4-5,7,9,13H,2-3,6,8H2,1H3/t12-,17-/m1/s1. The lowest BCUT2D eigenvalue weighted by Crippen LogP contribution is -2.44. The van der Waals surface area contributed by atoms with Crippen molar-refractivity contribution in [3.63, 3.8) is 0 Å². The molecule has 0 aliphatic carbocycles. The SMILES string of the molecule is COC(=N)[C@]1(c2cccnc2)CCCC[S@]1=O. The first-order chi connectivity index (χ1) is 8.21. The van der Waals surface area contributed by atoms with Crippen LogP contribution in [0.4, 0.5) is 0 Å². The van der Waals surface area contributed by atoms with Crippen molar-refractivity contribution in [2.45, 2.75) is 24.0 Å². The topological polar surface area (TPSA) is 63.0 Å². The fourth-order valence-electron chi connectivity index (χ4n) is 2.29. The average Bonchev–Trinajstić information content (AvgIpc) is 2.39. The molecule has 2 atom stereocenters. The molecule has 17 heavy (non-hydrogen) atoms. The molecule has 1 fully saturated rings. The third kappa shape index (κ3) is 1.99. The summed E-state index contributed by atoms with van der Waals surface area (Å²) < 4.78 is 16.7. The van der Waals surface area contributed by atoms with E-state index in [4.69, 9.17) is 10.1 Å². The number of aromatic nitrogens is 1. The summed E-state index contributed by atoms with van der Waals surface area (Å²) in [5.74, 6) is 0.712. The molecule has 0 unspecified atom stereocenters. The minimum Gasteiger partial charge on any atom is -0.483 e. The van der Waals surface area contributed by atoms with Crippen LogP contribution in [0.3, 0.4) is 0 Å². The number of rotatable bonds is 2. The number of ether oxygens (including phenoxy) is 1. The Morgan fingerprint density at radius 3 is 3.00 bits per heavy atom. The van der Waals surface area contributed by atoms with Gasteiger partial charge in [-0.3, -0.25) is 14.6 Å². The molecule has 5 heteroatoms. The van der Waals surface area contributed by atoms with E-state index in [-0.39, 0.29) is 5.90 Å². The monoisotopic (exact) mass is 252 g/mol. The van der Waals surface area contributed by atoms with Crippen molar-refractivity contribution < 1.29 is 8.95 Å². The van der Waals surface area contributed by atoms with Crippen LogP contribution in [0.2, 0.25) is 0 Å². The summed E-state index contributed by atoms with van der Waals surface area (Å²) in [4.78, 5) is 4.07. The second-order valence-corrected chi connectivity index (χ2v) is 5.90. The van der Waals surface area contributed by atoms with Gasteiger partial charge in [0.25, 0.3) is 0 Å². The van der Waals surface area contributed by atoms with Gasteiger partial charge in [0.2, 0.25) is 5.90 Å². The summed E-state index contributed by atoms with van der Waals surface area (Å²) in [6, 6.07) is 3.69. The normalized spacial score (nSPS) is 28.6. The summed E-state index contributed by atoms with van der Waals surface area (Å²) in [7, 11) is 0.357. The smallest absolute Gasteiger partial charge is 0.204 e. The Bertz CT molecular complexity index is 425. The zero-order valence-electron chi connectivity index (χ0n) is 9.81. The first kappa shape index (κ1) is 12.2. The number of hydrogen-bond acceptors (Lipinski definition) is 4. The highest BCUT2D eigenvalue weighted by molar-refractivity contribution is 7.86. The molecule has 2 heterocycles. The maximum atomic E-state index is 12.4. The van der Waals surface area contributed by atoms with Gasteiger partial charge in [-0.1, -0.05) is 12.5 Å². The molecular formula is C12H16N2O2S. The van der Waals surface area contributed by atoms with Gasteiger partial charge >= 0.3 is 0 Å². The molecule has 1 aliphatic rings. The number of nitrogens with one attached hydrogen (secondary N) is 1. The first-order valence-electron chi connectivity index (χ1n) is 5.64. The van der Waals surface area contributed by atoms with Crippen LogP contribution >= 0.6 is 0 Å². The van der Waals surface area contributed by atoms with E-state index in [1.54, 1.807) is 12.4 Å². The summed E-state index contributed by atoms with van der Waals surface area (Å²) in [5.41, 5.74) is 0.824. The van der Waals surface area contributed by atoms with Crippen molar-refractivity contribution in [2.75, 3.05) is 12.9 Å². The van der Waals surface area contributed by atoms with E-state index < -0.39 is 15.5 Å². The van der Waals surface area contributed by atoms with Gasteiger partial charge in [0.1, 0.15) is 4.75 Å². The number of nitrogens with zero attached hydrogens (tertiary/aromatic N) is 1. The Balaban J connectivity index is 2.50. The molecule has 0 amide bonds. The number of hydrogen-bond donors (Lipinski definition) is 1. The minimum absolute atomic E-state index is 0.0866. The maximum absolute atomic E-state index is 12.4. The molecule has 92 valence electrons. The fourth-order valence-corrected chi connectivity index (χ4v) is 4.15.